The highest BCUT2D eigenvalue weighted by atomic mass is 16.5. The van der Waals surface area contributed by atoms with Crippen LogP contribution in [0.15, 0.2) is 48.7 Å². The number of ether oxygens (including phenoxy) is 1. The van der Waals surface area contributed by atoms with Crippen molar-refractivity contribution in [1.29, 1.82) is 0 Å². The zero-order valence-electron chi connectivity index (χ0n) is 12.0. The van der Waals surface area contributed by atoms with Gasteiger partial charge in [-0.2, -0.15) is 0 Å². The van der Waals surface area contributed by atoms with Gasteiger partial charge >= 0.3 is 0 Å². The SMILES string of the molecule is Cc1ccc(C(=O)N2CCC(Oc3ccccn3)C2)cc1. The van der Waals surface area contributed by atoms with Crippen LogP contribution in [0.25, 0.3) is 0 Å². The van der Waals surface area contributed by atoms with Gasteiger partial charge in [0.2, 0.25) is 5.88 Å². The summed E-state index contributed by atoms with van der Waals surface area (Å²) in [6.07, 6.45) is 2.57. The predicted molar refractivity (Wildman–Crippen MR) is 80.4 cm³/mol. The van der Waals surface area contributed by atoms with Gasteiger partial charge in [-0.15, -0.1) is 0 Å². The first-order chi connectivity index (χ1) is 10.2. The molecule has 1 unspecified atom stereocenters. The molecular weight excluding hydrogens is 264 g/mol. The molecule has 1 fully saturated rings. The van der Waals surface area contributed by atoms with E-state index in [1.165, 1.54) is 0 Å². The normalized spacial score (nSPS) is 17.8. The van der Waals surface area contributed by atoms with Crippen LogP contribution in [0, 0.1) is 6.92 Å². The molecule has 0 N–H and O–H groups in total. The van der Waals surface area contributed by atoms with Gasteiger partial charge in [-0.05, 0) is 25.1 Å². The molecule has 0 radical (unpaired) electrons. The Morgan fingerprint density at radius 1 is 1.24 bits per heavy atom. The molecule has 1 aromatic carbocycles. The molecule has 0 spiro atoms. The van der Waals surface area contributed by atoms with Crippen molar-refractivity contribution >= 4 is 5.91 Å². The molecule has 2 heterocycles. The van der Waals surface area contributed by atoms with Crippen LogP contribution < -0.4 is 4.74 Å². The minimum Gasteiger partial charge on any atom is -0.472 e. The van der Waals surface area contributed by atoms with E-state index < -0.39 is 0 Å². The Morgan fingerprint density at radius 2 is 2.05 bits per heavy atom. The van der Waals surface area contributed by atoms with Gasteiger partial charge in [0.25, 0.3) is 5.91 Å². The Bertz CT molecular complexity index is 610. The molecule has 1 amide bonds. The summed E-state index contributed by atoms with van der Waals surface area (Å²) in [6, 6.07) is 13.3. The largest absolute Gasteiger partial charge is 0.472 e. The Balaban J connectivity index is 1.61. The summed E-state index contributed by atoms with van der Waals surface area (Å²) in [5.41, 5.74) is 1.89. The van der Waals surface area contributed by atoms with Gasteiger partial charge in [0.05, 0.1) is 6.54 Å². The topological polar surface area (TPSA) is 42.4 Å². The van der Waals surface area contributed by atoms with Crippen molar-refractivity contribution in [3.8, 4) is 5.88 Å². The molecule has 3 rings (SSSR count). The number of hydrogen-bond acceptors (Lipinski definition) is 3. The summed E-state index contributed by atoms with van der Waals surface area (Å²) < 4.78 is 5.81. The number of likely N-dealkylation sites (tertiary alicyclic amines) is 1. The van der Waals surface area contributed by atoms with Crippen molar-refractivity contribution in [2.75, 3.05) is 13.1 Å². The maximum absolute atomic E-state index is 12.4. The number of amides is 1. The summed E-state index contributed by atoms with van der Waals surface area (Å²) in [5.74, 6) is 0.689. The van der Waals surface area contributed by atoms with Crippen molar-refractivity contribution < 1.29 is 9.53 Å². The van der Waals surface area contributed by atoms with Crippen LogP contribution in [0.3, 0.4) is 0 Å². The van der Waals surface area contributed by atoms with E-state index in [1.54, 1.807) is 6.20 Å². The van der Waals surface area contributed by atoms with E-state index in [0.29, 0.717) is 12.4 Å². The molecule has 21 heavy (non-hydrogen) atoms. The number of carbonyl (C=O) groups excluding carboxylic acids is 1. The first kappa shape index (κ1) is 13.6. The summed E-state index contributed by atoms with van der Waals surface area (Å²) in [7, 11) is 0. The van der Waals surface area contributed by atoms with Gasteiger partial charge in [-0.1, -0.05) is 23.8 Å². The van der Waals surface area contributed by atoms with Crippen molar-refractivity contribution in [2.45, 2.75) is 19.4 Å². The summed E-state index contributed by atoms with van der Waals surface area (Å²) >= 11 is 0. The Hall–Kier alpha value is -2.36. The predicted octanol–water partition coefficient (Wildman–Crippen LogP) is 2.68. The van der Waals surface area contributed by atoms with Crippen LogP contribution >= 0.6 is 0 Å². The second-order valence-electron chi connectivity index (χ2n) is 5.31. The second kappa shape index (κ2) is 5.95. The molecule has 1 aliphatic rings. The van der Waals surface area contributed by atoms with Gasteiger partial charge < -0.3 is 9.64 Å². The zero-order valence-corrected chi connectivity index (χ0v) is 12.0. The highest BCUT2D eigenvalue weighted by Gasteiger charge is 2.28. The lowest BCUT2D eigenvalue weighted by molar-refractivity contribution is 0.0771. The summed E-state index contributed by atoms with van der Waals surface area (Å²) in [6.45, 7) is 3.36. The fourth-order valence-electron chi connectivity index (χ4n) is 2.48. The standard InChI is InChI=1S/C17H18N2O2/c1-13-5-7-14(8-6-13)17(20)19-11-9-15(12-19)21-16-4-2-3-10-18-16/h2-8,10,15H,9,11-12H2,1H3. The van der Waals surface area contributed by atoms with Crippen LogP contribution in [0.5, 0.6) is 5.88 Å². The third-order valence-corrected chi connectivity index (χ3v) is 3.66. The molecule has 1 atom stereocenters. The van der Waals surface area contributed by atoms with Gasteiger partial charge in [0, 0.05) is 30.8 Å². The molecule has 0 bridgehead atoms. The van der Waals surface area contributed by atoms with Gasteiger partial charge in [0.15, 0.2) is 0 Å². The number of rotatable bonds is 3. The van der Waals surface area contributed by atoms with Crippen LogP contribution in [0.1, 0.15) is 22.3 Å². The van der Waals surface area contributed by atoms with Crippen LogP contribution in [0.4, 0.5) is 0 Å². The molecule has 108 valence electrons. The van der Waals surface area contributed by atoms with Crippen molar-refractivity contribution in [3.63, 3.8) is 0 Å². The van der Waals surface area contributed by atoms with Crippen LogP contribution in [0.2, 0.25) is 0 Å². The Labute approximate surface area is 124 Å². The van der Waals surface area contributed by atoms with E-state index >= 15 is 0 Å². The lowest BCUT2D eigenvalue weighted by atomic mass is 10.1. The van der Waals surface area contributed by atoms with Crippen molar-refractivity contribution in [2.24, 2.45) is 0 Å². The summed E-state index contributed by atoms with van der Waals surface area (Å²) in [5, 5.41) is 0. The fraction of sp³-hybridized carbons (Fsp3) is 0.294. The number of carbonyl (C=O) groups is 1. The van der Waals surface area contributed by atoms with E-state index in [9.17, 15) is 4.79 Å². The average Bonchev–Trinajstić information content (AvgIpc) is 2.97. The minimum absolute atomic E-state index is 0.0225. The molecule has 0 aliphatic carbocycles. The molecule has 1 aliphatic heterocycles. The van der Waals surface area contributed by atoms with Crippen molar-refractivity contribution in [3.05, 3.63) is 59.8 Å². The molecule has 4 heteroatoms. The van der Waals surface area contributed by atoms with Gasteiger partial charge in [0.1, 0.15) is 6.10 Å². The molecular formula is C17H18N2O2. The molecule has 2 aromatic rings. The Morgan fingerprint density at radius 3 is 2.76 bits per heavy atom. The number of aryl methyl sites for hydroxylation is 1. The number of pyridine rings is 1. The van der Waals surface area contributed by atoms with Crippen molar-refractivity contribution in [1.82, 2.24) is 9.88 Å². The third-order valence-electron chi connectivity index (χ3n) is 3.66. The smallest absolute Gasteiger partial charge is 0.253 e. The van der Waals surface area contributed by atoms with E-state index in [0.717, 1.165) is 24.1 Å². The molecule has 1 aromatic heterocycles. The van der Waals surface area contributed by atoms with Gasteiger partial charge in [-0.3, -0.25) is 4.79 Å². The zero-order chi connectivity index (χ0) is 14.7. The molecule has 1 saturated heterocycles. The Kier molecular flexibility index (Phi) is 3.86. The minimum atomic E-state index is 0.0225. The lowest BCUT2D eigenvalue weighted by Crippen LogP contribution is -2.31. The number of aromatic nitrogens is 1. The van der Waals surface area contributed by atoms with Crippen LogP contribution in [-0.4, -0.2) is 35.0 Å². The van der Waals surface area contributed by atoms with E-state index in [1.807, 2.05) is 54.3 Å². The number of benzene rings is 1. The van der Waals surface area contributed by atoms with Gasteiger partial charge in [-0.25, -0.2) is 4.98 Å². The first-order valence-corrected chi connectivity index (χ1v) is 7.16. The number of nitrogens with zero attached hydrogens (tertiary/aromatic N) is 2. The third kappa shape index (κ3) is 3.21. The maximum Gasteiger partial charge on any atom is 0.253 e. The highest BCUT2D eigenvalue weighted by molar-refractivity contribution is 5.94. The maximum atomic E-state index is 12.4. The monoisotopic (exact) mass is 282 g/mol. The van der Waals surface area contributed by atoms with E-state index in [2.05, 4.69) is 4.98 Å². The lowest BCUT2D eigenvalue weighted by Gasteiger charge is -2.17. The average molecular weight is 282 g/mol. The van der Waals surface area contributed by atoms with E-state index in [-0.39, 0.29) is 12.0 Å². The number of hydrogen-bond donors (Lipinski definition) is 0. The quantitative estimate of drug-likeness (QED) is 0.869. The fourth-order valence-corrected chi connectivity index (χ4v) is 2.48. The van der Waals surface area contributed by atoms with E-state index in [4.69, 9.17) is 4.74 Å². The first-order valence-electron chi connectivity index (χ1n) is 7.16. The summed E-state index contributed by atoms with van der Waals surface area (Å²) in [4.78, 5) is 18.4. The molecule has 4 nitrogen and oxygen atoms in total. The van der Waals surface area contributed by atoms with Crippen LogP contribution in [-0.2, 0) is 0 Å². The second-order valence-corrected chi connectivity index (χ2v) is 5.31. The highest BCUT2D eigenvalue weighted by Crippen LogP contribution is 2.18. The molecule has 0 saturated carbocycles.